The zero-order valence-corrected chi connectivity index (χ0v) is 13.4. The normalized spacial score (nSPS) is 16.9. The van der Waals surface area contributed by atoms with Crippen molar-refractivity contribution in [1.82, 2.24) is 0 Å². The lowest BCUT2D eigenvalue weighted by Crippen LogP contribution is -2.37. The summed E-state index contributed by atoms with van der Waals surface area (Å²) < 4.78 is 0. The van der Waals surface area contributed by atoms with Crippen LogP contribution in [0.4, 0.5) is 5.69 Å². The largest absolute Gasteiger partial charge is 0.325 e. The molecular formula is C18H21NOS. The number of rotatable bonds is 3. The maximum atomic E-state index is 12.9. The highest BCUT2D eigenvalue weighted by Gasteiger charge is 2.43. The third-order valence-electron chi connectivity index (χ3n) is 4.65. The van der Waals surface area contributed by atoms with Crippen LogP contribution in [0.5, 0.6) is 0 Å². The second-order valence-corrected chi connectivity index (χ2v) is 6.97. The van der Waals surface area contributed by atoms with Gasteiger partial charge in [-0.1, -0.05) is 25.0 Å². The molecule has 1 aromatic heterocycles. The topological polar surface area (TPSA) is 29.1 Å². The average molecular weight is 299 g/mol. The molecule has 110 valence electrons. The van der Waals surface area contributed by atoms with Gasteiger partial charge >= 0.3 is 0 Å². The van der Waals surface area contributed by atoms with Crippen molar-refractivity contribution in [3.63, 3.8) is 0 Å². The highest BCUT2D eigenvalue weighted by molar-refractivity contribution is 7.10. The highest BCUT2D eigenvalue weighted by Crippen LogP contribution is 2.43. The van der Waals surface area contributed by atoms with E-state index in [1.807, 2.05) is 12.1 Å². The van der Waals surface area contributed by atoms with Crippen LogP contribution in [0.3, 0.4) is 0 Å². The number of benzene rings is 1. The SMILES string of the molecule is Cc1ccc(NC(=O)C2(c3cccs3)CCCC2)cc1C. The van der Waals surface area contributed by atoms with Crippen molar-refractivity contribution < 1.29 is 4.79 Å². The van der Waals surface area contributed by atoms with Crippen LogP contribution in [0.15, 0.2) is 35.7 Å². The van der Waals surface area contributed by atoms with Gasteiger partial charge in [-0.2, -0.15) is 0 Å². The van der Waals surface area contributed by atoms with E-state index in [0.29, 0.717) is 0 Å². The number of thiophene rings is 1. The number of hydrogen-bond acceptors (Lipinski definition) is 2. The van der Waals surface area contributed by atoms with Crippen molar-refractivity contribution in [3.05, 3.63) is 51.7 Å². The van der Waals surface area contributed by atoms with Gasteiger partial charge in [0.1, 0.15) is 0 Å². The zero-order valence-electron chi connectivity index (χ0n) is 12.6. The lowest BCUT2D eigenvalue weighted by atomic mass is 9.83. The Morgan fingerprint density at radius 2 is 1.90 bits per heavy atom. The number of nitrogens with one attached hydrogen (secondary N) is 1. The van der Waals surface area contributed by atoms with Gasteiger partial charge in [0, 0.05) is 10.6 Å². The first kappa shape index (κ1) is 14.3. The summed E-state index contributed by atoms with van der Waals surface area (Å²) in [5.74, 6) is 0.158. The minimum atomic E-state index is -0.313. The molecule has 1 aromatic carbocycles. The fraction of sp³-hybridized carbons (Fsp3) is 0.389. The van der Waals surface area contributed by atoms with Gasteiger partial charge in [0.25, 0.3) is 0 Å². The predicted molar refractivity (Wildman–Crippen MR) is 89.0 cm³/mol. The molecule has 3 heteroatoms. The maximum Gasteiger partial charge on any atom is 0.235 e. The van der Waals surface area contributed by atoms with Crippen LogP contribution in [0.2, 0.25) is 0 Å². The minimum absolute atomic E-state index is 0.158. The summed E-state index contributed by atoms with van der Waals surface area (Å²) in [6.07, 6.45) is 4.20. The Hall–Kier alpha value is -1.61. The number of carbonyl (C=O) groups excluding carboxylic acids is 1. The van der Waals surface area contributed by atoms with Crippen molar-refractivity contribution >= 4 is 22.9 Å². The summed E-state index contributed by atoms with van der Waals surface area (Å²) in [5.41, 5.74) is 3.06. The molecule has 1 saturated carbocycles. The predicted octanol–water partition coefficient (Wildman–Crippen LogP) is 4.82. The fourth-order valence-electron chi connectivity index (χ4n) is 3.18. The summed E-state index contributed by atoms with van der Waals surface area (Å²) in [6.45, 7) is 4.17. The molecule has 0 radical (unpaired) electrons. The van der Waals surface area contributed by atoms with E-state index in [2.05, 4.69) is 42.7 Å². The van der Waals surface area contributed by atoms with Gasteiger partial charge in [0.2, 0.25) is 5.91 Å². The minimum Gasteiger partial charge on any atom is -0.325 e. The molecule has 0 bridgehead atoms. The Labute approximate surface area is 130 Å². The Morgan fingerprint density at radius 3 is 2.52 bits per heavy atom. The Morgan fingerprint density at radius 1 is 1.14 bits per heavy atom. The lowest BCUT2D eigenvalue weighted by Gasteiger charge is -2.26. The van der Waals surface area contributed by atoms with Gasteiger partial charge < -0.3 is 5.32 Å². The monoisotopic (exact) mass is 299 g/mol. The lowest BCUT2D eigenvalue weighted by molar-refractivity contribution is -0.121. The molecule has 1 aliphatic carbocycles. The van der Waals surface area contributed by atoms with Crippen LogP contribution in [-0.4, -0.2) is 5.91 Å². The van der Waals surface area contributed by atoms with Crippen LogP contribution in [0, 0.1) is 13.8 Å². The second kappa shape index (κ2) is 5.64. The van der Waals surface area contributed by atoms with Crippen LogP contribution >= 0.6 is 11.3 Å². The van der Waals surface area contributed by atoms with E-state index < -0.39 is 0 Å². The zero-order chi connectivity index (χ0) is 14.9. The van der Waals surface area contributed by atoms with Crippen molar-refractivity contribution in [3.8, 4) is 0 Å². The molecule has 1 heterocycles. The van der Waals surface area contributed by atoms with Crippen LogP contribution in [-0.2, 0) is 10.2 Å². The van der Waals surface area contributed by atoms with E-state index in [0.717, 1.165) is 31.4 Å². The maximum absolute atomic E-state index is 12.9. The Balaban J connectivity index is 1.87. The van der Waals surface area contributed by atoms with Gasteiger partial charge in [-0.3, -0.25) is 4.79 Å². The quantitative estimate of drug-likeness (QED) is 0.865. The molecule has 1 aliphatic rings. The number of carbonyl (C=O) groups is 1. The smallest absolute Gasteiger partial charge is 0.235 e. The van der Waals surface area contributed by atoms with Gasteiger partial charge in [-0.15, -0.1) is 11.3 Å². The van der Waals surface area contributed by atoms with Crippen LogP contribution < -0.4 is 5.32 Å². The number of hydrogen-bond donors (Lipinski definition) is 1. The molecule has 3 rings (SSSR count). The summed E-state index contributed by atoms with van der Waals surface area (Å²) in [4.78, 5) is 14.1. The molecule has 1 N–H and O–H groups in total. The first-order valence-electron chi connectivity index (χ1n) is 7.54. The third kappa shape index (κ3) is 2.62. The van der Waals surface area contributed by atoms with E-state index in [1.165, 1.54) is 16.0 Å². The van der Waals surface area contributed by atoms with E-state index in [9.17, 15) is 4.79 Å². The Bertz CT molecular complexity index is 639. The first-order chi connectivity index (χ1) is 10.1. The summed E-state index contributed by atoms with van der Waals surface area (Å²) in [5, 5.41) is 5.22. The van der Waals surface area contributed by atoms with Crippen LogP contribution in [0.25, 0.3) is 0 Å². The van der Waals surface area contributed by atoms with Crippen molar-refractivity contribution in [2.75, 3.05) is 5.32 Å². The average Bonchev–Trinajstić information content (AvgIpc) is 3.13. The van der Waals surface area contributed by atoms with Gasteiger partial charge in [0.15, 0.2) is 0 Å². The molecule has 0 unspecified atom stereocenters. The number of aryl methyl sites for hydroxylation is 2. The van der Waals surface area contributed by atoms with E-state index in [1.54, 1.807) is 11.3 Å². The van der Waals surface area contributed by atoms with E-state index in [-0.39, 0.29) is 11.3 Å². The van der Waals surface area contributed by atoms with Gasteiger partial charge in [0.05, 0.1) is 5.41 Å². The van der Waals surface area contributed by atoms with Gasteiger partial charge in [-0.25, -0.2) is 0 Å². The Kier molecular flexibility index (Phi) is 3.85. The molecule has 0 saturated heterocycles. The summed E-state index contributed by atoms with van der Waals surface area (Å²) >= 11 is 1.70. The van der Waals surface area contributed by atoms with Gasteiger partial charge in [-0.05, 0) is 61.4 Å². The number of anilines is 1. The van der Waals surface area contributed by atoms with E-state index >= 15 is 0 Å². The standard InChI is InChI=1S/C18H21NOS/c1-13-7-8-15(12-14(13)2)19-17(20)18(9-3-4-10-18)16-6-5-11-21-16/h5-8,11-12H,3-4,9-10H2,1-2H3,(H,19,20). The second-order valence-electron chi connectivity index (χ2n) is 6.02. The fourth-order valence-corrected chi connectivity index (χ4v) is 4.17. The highest BCUT2D eigenvalue weighted by atomic mass is 32.1. The van der Waals surface area contributed by atoms with Crippen molar-refractivity contribution in [1.29, 1.82) is 0 Å². The van der Waals surface area contributed by atoms with Crippen LogP contribution in [0.1, 0.15) is 41.7 Å². The first-order valence-corrected chi connectivity index (χ1v) is 8.42. The molecule has 2 nitrogen and oxygen atoms in total. The number of amides is 1. The summed E-state index contributed by atoms with van der Waals surface area (Å²) in [7, 11) is 0. The molecule has 1 amide bonds. The molecule has 1 fully saturated rings. The molecule has 0 aliphatic heterocycles. The summed E-state index contributed by atoms with van der Waals surface area (Å²) in [6, 6.07) is 10.3. The van der Waals surface area contributed by atoms with Crippen molar-refractivity contribution in [2.45, 2.75) is 44.9 Å². The van der Waals surface area contributed by atoms with E-state index in [4.69, 9.17) is 0 Å². The molecule has 2 aromatic rings. The molecule has 21 heavy (non-hydrogen) atoms. The molecule has 0 spiro atoms. The van der Waals surface area contributed by atoms with Crippen molar-refractivity contribution in [2.24, 2.45) is 0 Å². The molecular weight excluding hydrogens is 278 g/mol. The molecule has 0 atom stereocenters. The third-order valence-corrected chi connectivity index (χ3v) is 5.72.